The SMILES string of the molecule is CC1CC(Nc2ccc(Br)c(C(F)(F)F)c2)CS1. The Morgan fingerprint density at radius 3 is 2.67 bits per heavy atom. The van der Waals surface area contributed by atoms with Crippen molar-refractivity contribution in [2.45, 2.75) is 30.8 Å². The Morgan fingerprint density at radius 2 is 2.11 bits per heavy atom. The molecule has 0 amide bonds. The number of rotatable bonds is 2. The fraction of sp³-hybridized carbons (Fsp3) is 0.500. The molecule has 1 fully saturated rings. The molecule has 100 valence electrons. The smallest absolute Gasteiger partial charge is 0.381 e. The highest BCUT2D eigenvalue weighted by Gasteiger charge is 2.33. The molecule has 1 aromatic carbocycles. The summed E-state index contributed by atoms with van der Waals surface area (Å²) in [6.07, 6.45) is -3.34. The number of anilines is 1. The van der Waals surface area contributed by atoms with E-state index in [-0.39, 0.29) is 10.5 Å². The van der Waals surface area contributed by atoms with E-state index in [4.69, 9.17) is 0 Å². The van der Waals surface area contributed by atoms with Gasteiger partial charge in [-0.25, -0.2) is 0 Å². The van der Waals surface area contributed by atoms with Crippen LogP contribution in [0.5, 0.6) is 0 Å². The predicted octanol–water partition coefficient (Wildman–Crippen LogP) is 4.77. The molecule has 6 heteroatoms. The summed E-state index contributed by atoms with van der Waals surface area (Å²) >= 11 is 4.78. The van der Waals surface area contributed by atoms with E-state index < -0.39 is 11.7 Å². The van der Waals surface area contributed by atoms with Gasteiger partial charge < -0.3 is 5.32 Å². The maximum Gasteiger partial charge on any atom is 0.417 e. The van der Waals surface area contributed by atoms with Crippen LogP contribution < -0.4 is 5.32 Å². The van der Waals surface area contributed by atoms with Gasteiger partial charge in [0.1, 0.15) is 0 Å². The summed E-state index contributed by atoms with van der Waals surface area (Å²) < 4.78 is 38.3. The molecule has 0 radical (unpaired) electrons. The zero-order chi connectivity index (χ0) is 13.3. The number of hydrogen-bond acceptors (Lipinski definition) is 2. The zero-order valence-corrected chi connectivity index (χ0v) is 12.1. The van der Waals surface area contributed by atoms with Gasteiger partial charge in [-0.05, 0) is 24.6 Å². The van der Waals surface area contributed by atoms with Crippen molar-refractivity contribution >= 4 is 33.4 Å². The quantitative estimate of drug-likeness (QED) is 0.832. The van der Waals surface area contributed by atoms with Crippen LogP contribution in [0.15, 0.2) is 22.7 Å². The van der Waals surface area contributed by atoms with E-state index in [9.17, 15) is 13.2 Å². The molecule has 0 saturated carbocycles. The average Bonchev–Trinajstić information content (AvgIpc) is 2.65. The molecule has 1 saturated heterocycles. The van der Waals surface area contributed by atoms with Gasteiger partial charge in [0.15, 0.2) is 0 Å². The van der Waals surface area contributed by atoms with Crippen molar-refractivity contribution in [2.24, 2.45) is 0 Å². The molecule has 1 heterocycles. The van der Waals surface area contributed by atoms with Crippen molar-refractivity contribution in [1.82, 2.24) is 0 Å². The lowest BCUT2D eigenvalue weighted by Gasteiger charge is -2.16. The second-order valence-corrected chi connectivity index (χ2v) is 6.74. The van der Waals surface area contributed by atoms with Crippen molar-refractivity contribution in [1.29, 1.82) is 0 Å². The fourth-order valence-corrected chi connectivity index (χ4v) is 3.61. The van der Waals surface area contributed by atoms with Gasteiger partial charge in [0.2, 0.25) is 0 Å². The summed E-state index contributed by atoms with van der Waals surface area (Å²) in [7, 11) is 0. The Balaban J connectivity index is 2.15. The van der Waals surface area contributed by atoms with Gasteiger partial charge in [0, 0.05) is 27.2 Å². The molecule has 1 nitrogen and oxygen atoms in total. The van der Waals surface area contributed by atoms with Crippen LogP contribution in [0.2, 0.25) is 0 Å². The first kappa shape index (κ1) is 14.1. The number of nitrogens with one attached hydrogen (secondary N) is 1. The van der Waals surface area contributed by atoms with E-state index in [1.165, 1.54) is 6.07 Å². The first-order valence-corrected chi connectivity index (χ1v) is 7.45. The van der Waals surface area contributed by atoms with Gasteiger partial charge in [-0.1, -0.05) is 22.9 Å². The lowest BCUT2D eigenvalue weighted by molar-refractivity contribution is -0.138. The van der Waals surface area contributed by atoms with Crippen LogP contribution >= 0.6 is 27.7 Å². The normalized spacial score (nSPS) is 24.3. The van der Waals surface area contributed by atoms with Gasteiger partial charge in [0.25, 0.3) is 0 Å². The molecular formula is C12H13BrF3NS. The largest absolute Gasteiger partial charge is 0.417 e. The van der Waals surface area contributed by atoms with Crippen LogP contribution in [-0.4, -0.2) is 17.0 Å². The molecule has 1 aliphatic rings. The van der Waals surface area contributed by atoms with Crippen molar-refractivity contribution in [3.05, 3.63) is 28.2 Å². The summed E-state index contributed by atoms with van der Waals surface area (Å²) in [6, 6.07) is 4.54. The van der Waals surface area contributed by atoms with Crippen LogP contribution in [0.4, 0.5) is 18.9 Å². The van der Waals surface area contributed by atoms with E-state index in [0.717, 1.165) is 18.2 Å². The molecule has 0 bridgehead atoms. The highest BCUT2D eigenvalue weighted by molar-refractivity contribution is 9.10. The minimum absolute atomic E-state index is 0.0784. The fourth-order valence-electron chi connectivity index (χ4n) is 1.99. The van der Waals surface area contributed by atoms with Crippen LogP contribution in [0.25, 0.3) is 0 Å². The molecular weight excluding hydrogens is 327 g/mol. The van der Waals surface area contributed by atoms with Gasteiger partial charge in [-0.2, -0.15) is 24.9 Å². The standard InChI is InChI=1S/C12H13BrF3NS/c1-7-4-9(6-18-7)17-8-2-3-11(13)10(5-8)12(14,15)16/h2-3,5,7,9,17H,4,6H2,1H3. The number of hydrogen-bond donors (Lipinski definition) is 1. The Bertz CT molecular complexity index is 436. The Hall–Kier alpha value is -0.360. The molecule has 2 atom stereocenters. The molecule has 0 aliphatic carbocycles. The average molecular weight is 340 g/mol. The van der Waals surface area contributed by atoms with E-state index >= 15 is 0 Å². The summed E-state index contributed by atoms with van der Waals surface area (Å²) in [4.78, 5) is 0. The Morgan fingerprint density at radius 1 is 1.39 bits per heavy atom. The minimum Gasteiger partial charge on any atom is -0.381 e. The molecule has 0 aromatic heterocycles. The monoisotopic (exact) mass is 339 g/mol. The van der Waals surface area contributed by atoms with Crippen molar-refractivity contribution in [2.75, 3.05) is 11.1 Å². The summed E-state index contributed by atoms with van der Waals surface area (Å²) in [5, 5.41) is 3.74. The van der Waals surface area contributed by atoms with Crippen LogP contribution in [0.1, 0.15) is 18.9 Å². The number of alkyl halides is 3. The van der Waals surface area contributed by atoms with Crippen molar-refractivity contribution < 1.29 is 13.2 Å². The van der Waals surface area contributed by atoms with Crippen molar-refractivity contribution in [3.63, 3.8) is 0 Å². The highest BCUT2D eigenvalue weighted by atomic mass is 79.9. The van der Waals surface area contributed by atoms with Gasteiger partial charge >= 0.3 is 6.18 Å². The van der Waals surface area contributed by atoms with Gasteiger partial charge in [0.05, 0.1) is 5.56 Å². The van der Waals surface area contributed by atoms with E-state index in [1.807, 2.05) is 11.8 Å². The van der Waals surface area contributed by atoms with Gasteiger partial charge in [-0.3, -0.25) is 0 Å². The van der Waals surface area contributed by atoms with E-state index in [0.29, 0.717) is 10.9 Å². The molecule has 2 unspecified atom stereocenters. The summed E-state index contributed by atoms with van der Waals surface area (Å²) in [5.41, 5.74) is -0.101. The molecule has 0 spiro atoms. The second kappa shape index (κ2) is 5.33. The lowest BCUT2D eigenvalue weighted by atomic mass is 10.1. The Labute approximate surface area is 117 Å². The molecule has 2 rings (SSSR count). The number of benzene rings is 1. The van der Waals surface area contributed by atoms with Gasteiger partial charge in [-0.15, -0.1) is 0 Å². The summed E-state index contributed by atoms with van der Waals surface area (Å²) in [6.45, 7) is 2.13. The third-order valence-electron chi connectivity index (χ3n) is 2.84. The number of halogens is 4. The number of thioether (sulfide) groups is 1. The highest BCUT2D eigenvalue weighted by Crippen LogP contribution is 2.37. The topological polar surface area (TPSA) is 12.0 Å². The predicted molar refractivity (Wildman–Crippen MR) is 73.1 cm³/mol. The maximum absolute atomic E-state index is 12.7. The van der Waals surface area contributed by atoms with E-state index in [2.05, 4.69) is 28.2 Å². The maximum atomic E-state index is 12.7. The lowest BCUT2D eigenvalue weighted by Crippen LogP contribution is -2.19. The zero-order valence-electron chi connectivity index (χ0n) is 9.72. The third kappa shape index (κ3) is 3.35. The second-order valence-electron chi connectivity index (χ2n) is 4.41. The molecule has 1 aliphatic heterocycles. The molecule has 18 heavy (non-hydrogen) atoms. The van der Waals surface area contributed by atoms with E-state index in [1.54, 1.807) is 6.07 Å². The van der Waals surface area contributed by atoms with Crippen LogP contribution in [0, 0.1) is 0 Å². The molecule has 1 N–H and O–H groups in total. The minimum atomic E-state index is -4.33. The van der Waals surface area contributed by atoms with Crippen molar-refractivity contribution in [3.8, 4) is 0 Å². The Kier molecular flexibility index (Phi) is 4.16. The summed E-state index contributed by atoms with van der Waals surface area (Å²) in [5.74, 6) is 0.943. The first-order valence-electron chi connectivity index (χ1n) is 5.61. The third-order valence-corrected chi connectivity index (χ3v) is 4.89. The van der Waals surface area contributed by atoms with Crippen LogP contribution in [-0.2, 0) is 6.18 Å². The first-order chi connectivity index (χ1) is 8.36. The van der Waals surface area contributed by atoms with Crippen LogP contribution in [0.3, 0.4) is 0 Å². The molecule has 1 aromatic rings.